The van der Waals surface area contributed by atoms with Gasteiger partial charge in [-0.1, -0.05) is 17.7 Å². The van der Waals surface area contributed by atoms with E-state index in [1.807, 2.05) is 25.4 Å². The largest absolute Gasteiger partial charge is 0.338 e. The topological polar surface area (TPSA) is 71.3 Å². The molecule has 3 rings (SSSR count). The Morgan fingerprint density at radius 3 is 3.04 bits per heavy atom. The first-order valence-electron chi connectivity index (χ1n) is 7.71. The maximum atomic E-state index is 11.8. The number of nitrogens with zero attached hydrogens (tertiary/aromatic N) is 3. The quantitative estimate of drug-likeness (QED) is 0.697. The van der Waals surface area contributed by atoms with Crippen molar-refractivity contribution in [3.05, 3.63) is 59.0 Å². The Hall–Kier alpha value is -2.60. The maximum Gasteiger partial charge on any atom is 0.319 e. The van der Waals surface area contributed by atoms with Gasteiger partial charge in [0.05, 0.1) is 5.69 Å². The first kappa shape index (κ1) is 16.3. The van der Waals surface area contributed by atoms with Gasteiger partial charge in [-0.05, 0) is 43.5 Å². The fraction of sp³-hybridized carbons (Fsp3) is 0.235. The van der Waals surface area contributed by atoms with E-state index in [0.29, 0.717) is 17.3 Å². The summed E-state index contributed by atoms with van der Waals surface area (Å²) in [5, 5.41) is 10.5. The molecular weight excluding hydrogens is 326 g/mol. The summed E-state index contributed by atoms with van der Waals surface area (Å²) in [6.07, 6.45) is 5.46. The Balaban J connectivity index is 1.44. The van der Waals surface area contributed by atoms with Crippen LogP contribution in [0.4, 0.5) is 10.5 Å². The fourth-order valence-corrected chi connectivity index (χ4v) is 2.59. The molecule has 1 aromatic carbocycles. The van der Waals surface area contributed by atoms with Crippen molar-refractivity contribution in [3.63, 3.8) is 0 Å². The van der Waals surface area contributed by atoms with Crippen molar-refractivity contribution in [2.24, 2.45) is 0 Å². The van der Waals surface area contributed by atoms with E-state index in [0.717, 1.165) is 29.7 Å². The number of anilines is 1. The lowest BCUT2D eigenvalue weighted by Crippen LogP contribution is -2.29. The van der Waals surface area contributed by atoms with Crippen LogP contribution in [-0.4, -0.2) is 27.2 Å². The molecule has 0 aliphatic carbocycles. The Morgan fingerprint density at radius 2 is 2.21 bits per heavy atom. The molecule has 2 N–H and O–H groups in total. The SMILES string of the molecule is Cc1cc2ncc(CCCNC(=O)Nc3cccc(Cl)c3)cn2n1. The number of benzene rings is 1. The van der Waals surface area contributed by atoms with Crippen molar-refractivity contribution in [1.29, 1.82) is 0 Å². The zero-order valence-electron chi connectivity index (χ0n) is 13.3. The van der Waals surface area contributed by atoms with Gasteiger partial charge in [-0.15, -0.1) is 0 Å². The lowest BCUT2D eigenvalue weighted by molar-refractivity contribution is 0.252. The predicted molar refractivity (Wildman–Crippen MR) is 94.5 cm³/mol. The average Bonchev–Trinajstić information content (AvgIpc) is 2.91. The van der Waals surface area contributed by atoms with Crippen LogP contribution >= 0.6 is 11.6 Å². The molecule has 2 heterocycles. The second-order valence-corrected chi connectivity index (χ2v) is 5.98. The number of hydrogen-bond acceptors (Lipinski definition) is 3. The Bertz CT molecular complexity index is 861. The smallest absolute Gasteiger partial charge is 0.319 e. The first-order chi connectivity index (χ1) is 11.6. The molecule has 2 amide bonds. The first-order valence-corrected chi connectivity index (χ1v) is 8.09. The third kappa shape index (κ3) is 4.23. The average molecular weight is 344 g/mol. The molecule has 0 aliphatic heterocycles. The van der Waals surface area contributed by atoms with E-state index in [1.165, 1.54) is 0 Å². The summed E-state index contributed by atoms with van der Waals surface area (Å²) >= 11 is 5.88. The number of fused-ring (bicyclic) bond motifs is 1. The van der Waals surface area contributed by atoms with Crippen LogP contribution < -0.4 is 10.6 Å². The number of nitrogens with one attached hydrogen (secondary N) is 2. The Kier molecular flexibility index (Phi) is 4.96. The van der Waals surface area contributed by atoms with Crippen LogP contribution in [0.25, 0.3) is 5.65 Å². The number of halogens is 1. The molecule has 24 heavy (non-hydrogen) atoms. The van der Waals surface area contributed by atoms with Gasteiger partial charge >= 0.3 is 6.03 Å². The predicted octanol–water partition coefficient (Wildman–Crippen LogP) is 3.45. The zero-order chi connectivity index (χ0) is 16.9. The van der Waals surface area contributed by atoms with Crippen molar-refractivity contribution in [1.82, 2.24) is 19.9 Å². The summed E-state index contributed by atoms with van der Waals surface area (Å²) in [5.74, 6) is 0. The minimum absolute atomic E-state index is 0.242. The second-order valence-electron chi connectivity index (χ2n) is 5.55. The summed E-state index contributed by atoms with van der Waals surface area (Å²) < 4.78 is 1.78. The number of aromatic nitrogens is 3. The number of urea groups is 1. The number of carbonyl (C=O) groups excluding carboxylic acids is 1. The molecule has 0 unspecified atom stereocenters. The molecule has 0 atom stereocenters. The molecular formula is C17H18ClN5O. The number of amides is 2. The van der Waals surface area contributed by atoms with Gasteiger partial charge in [-0.3, -0.25) is 0 Å². The van der Waals surface area contributed by atoms with Gasteiger partial charge in [0.2, 0.25) is 0 Å². The molecule has 124 valence electrons. The lowest BCUT2D eigenvalue weighted by atomic mass is 10.2. The highest BCUT2D eigenvalue weighted by atomic mass is 35.5. The van der Waals surface area contributed by atoms with E-state index < -0.39 is 0 Å². The third-order valence-electron chi connectivity index (χ3n) is 3.50. The molecule has 0 radical (unpaired) electrons. The fourth-order valence-electron chi connectivity index (χ4n) is 2.40. The second kappa shape index (κ2) is 7.31. The van der Waals surface area contributed by atoms with E-state index in [4.69, 9.17) is 11.6 Å². The molecule has 0 saturated heterocycles. The summed E-state index contributed by atoms with van der Waals surface area (Å²) in [7, 11) is 0. The molecule has 7 heteroatoms. The van der Waals surface area contributed by atoms with Gasteiger partial charge in [-0.2, -0.15) is 5.10 Å². The third-order valence-corrected chi connectivity index (χ3v) is 3.73. The molecule has 2 aromatic heterocycles. The monoisotopic (exact) mass is 343 g/mol. The summed E-state index contributed by atoms with van der Waals surface area (Å²) in [5.41, 5.74) is 3.54. The van der Waals surface area contributed by atoms with Gasteiger partial charge < -0.3 is 10.6 Å². The van der Waals surface area contributed by atoms with Gasteiger partial charge in [0, 0.05) is 35.7 Å². The van der Waals surface area contributed by atoms with Gasteiger partial charge in [0.25, 0.3) is 0 Å². The van der Waals surface area contributed by atoms with Crippen LogP contribution in [0.5, 0.6) is 0 Å². The van der Waals surface area contributed by atoms with Crippen LogP contribution in [0.2, 0.25) is 5.02 Å². The van der Waals surface area contributed by atoms with Gasteiger partial charge in [0.15, 0.2) is 5.65 Å². The highest BCUT2D eigenvalue weighted by Gasteiger charge is 2.03. The molecule has 0 fully saturated rings. The minimum Gasteiger partial charge on any atom is -0.338 e. The molecule has 0 saturated carbocycles. The van der Waals surface area contributed by atoms with Crippen molar-refractivity contribution in [2.75, 3.05) is 11.9 Å². The van der Waals surface area contributed by atoms with Gasteiger partial charge in [-0.25, -0.2) is 14.3 Å². The number of rotatable bonds is 5. The highest BCUT2D eigenvalue weighted by molar-refractivity contribution is 6.30. The maximum absolute atomic E-state index is 11.8. The number of hydrogen-bond donors (Lipinski definition) is 2. The Morgan fingerprint density at radius 1 is 1.33 bits per heavy atom. The van der Waals surface area contributed by atoms with E-state index in [1.54, 1.807) is 28.8 Å². The number of aryl methyl sites for hydroxylation is 2. The van der Waals surface area contributed by atoms with Crippen LogP contribution in [0.15, 0.2) is 42.7 Å². The number of carbonyl (C=O) groups is 1. The summed E-state index contributed by atoms with van der Waals surface area (Å²) in [6, 6.07) is 8.74. The molecule has 6 nitrogen and oxygen atoms in total. The van der Waals surface area contributed by atoms with Gasteiger partial charge in [0.1, 0.15) is 0 Å². The van der Waals surface area contributed by atoms with Crippen LogP contribution in [0, 0.1) is 6.92 Å². The Labute approximate surface area is 144 Å². The van der Waals surface area contributed by atoms with E-state index in [-0.39, 0.29) is 6.03 Å². The van der Waals surface area contributed by atoms with E-state index >= 15 is 0 Å². The minimum atomic E-state index is -0.242. The highest BCUT2D eigenvalue weighted by Crippen LogP contribution is 2.14. The van der Waals surface area contributed by atoms with Crippen molar-refractivity contribution < 1.29 is 4.79 Å². The zero-order valence-corrected chi connectivity index (χ0v) is 14.0. The lowest BCUT2D eigenvalue weighted by Gasteiger charge is -2.08. The summed E-state index contributed by atoms with van der Waals surface area (Å²) in [6.45, 7) is 2.51. The van der Waals surface area contributed by atoms with E-state index in [2.05, 4.69) is 20.7 Å². The van der Waals surface area contributed by atoms with Crippen LogP contribution in [0.3, 0.4) is 0 Å². The molecule has 0 bridgehead atoms. The van der Waals surface area contributed by atoms with Crippen molar-refractivity contribution >= 4 is 29.0 Å². The van der Waals surface area contributed by atoms with Crippen molar-refractivity contribution in [2.45, 2.75) is 19.8 Å². The molecule has 0 aliphatic rings. The summed E-state index contributed by atoms with van der Waals surface area (Å²) in [4.78, 5) is 16.2. The standard InChI is InChI=1S/C17H18ClN5O/c1-12-8-16-20-10-13(11-23(16)22-12)4-3-7-19-17(24)21-15-6-2-5-14(18)9-15/h2,5-6,8-11H,3-4,7H2,1H3,(H2,19,21,24). The van der Waals surface area contributed by atoms with E-state index in [9.17, 15) is 4.79 Å². The van der Waals surface area contributed by atoms with Crippen molar-refractivity contribution in [3.8, 4) is 0 Å². The molecule has 0 spiro atoms. The van der Waals surface area contributed by atoms with Crippen LogP contribution in [-0.2, 0) is 6.42 Å². The normalized spacial score (nSPS) is 10.8. The van der Waals surface area contributed by atoms with Crippen LogP contribution in [0.1, 0.15) is 17.7 Å². The molecule has 3 aromatic rings.